The Bertz CT molecular complexity index is 599. The number of benzene rings is 1. The van der Waals surface area contributed by atoms with Crippen LogP contribution in [0.2, 0.25) is 0 Å². The highest BCUT2D eigenvalue weighted by molar-refractivity contribution is 9.10. The number of anilines is 1. The van der Waals surface area contributed by atoms with E-state index < -0.39 is 0 Å². The molecule has 0 aliphatic heterocycles. The molecule has 0 bridgehead atoms. The van der Waals surface area contributed by atoms with Crippen LogP contribution in [-0.2, 0) is 12.8 Å². The first-order chi connectivity index (χ1) is 9.63. The Morgan fingerprint density at radius 3 is 2.85 bits per heavy atom. The van der Waals surface area contributed by atoms with Crippen LogP contribution >= 0.6 is 27.3 Å². The fourth-order valence-corrected chi connectivity index (χ4v) is 4.26. The van der Waals surface area contributed by atoms with Gasteiger partial charge in [0.15, 0.2) is 0 Å². The lowest BCUT2D eigenvalue weighted by atomic mass is 9.99. The van der Waals surface area contributed by atoms with Crippen LogP contribution in [0, 0.1) is 5.82 Å². The van der Waals surface area contributed by atoms with E-state index in [-0.39, 0.29) is 11.9 Å². The Morgan fingerprint density at radius 2 is 2.05 bits per heavy atom. The van der Waals surface area contributed by atoms with Crippen LogP contribution in [0.4, 0.5) is 10.1 Å². The Balaban J connectivity index is 1.80. The second-order valence-electron chi connectivity index (χ2n) is 5.29. The van der Waals surface area contributed by atoms with Crippen molar-refractivity contribution in [3.63, 3.8) is 0 Å². The summed E-state index contributed by atoms with van der Waals surface area (Å²) in [4.78, 5) is 2.88. The molecule has 1 aromatic heterocycles. The lowest BCUT2D eigenvalue weighted by molar-refractivity contribution is 0.627. The maximum Gasteiger partial charge on any atom is 0.125 e. The minimum Gasteiger partial charge on any atom is -0.377 e. The lowest BCUT2D eigenvalue weighted by Crippen LogP contribution is -2.05. The molecule has 1 N–H and O–H groups in total. The molecule has 20 heavy (non-hydrogen) atoms. The third-order valence-electron chi connectivity index (χ3n) is 3.74. The highest BCUT2D eigenvalue weighted by Gasteiger charge is 2.17. The molecule has 1 atom stereocenters. The zero-order chi connectivity index (χ0) is 14.1. The smallest absolute Gasteiger partial charge is 0.125 e. The van der Waals surface area contributed by atoms with Crippen molar-refractivity contribution in [3.8, 4) is 0 Å². The average molecular weight is 354 g/mol. The molecule has 106 valence electrons. The fourth-order valence-electron chi connectivity index (χ4n) is 2.64. The van der Waals surface area contributed by atoms with Gasteiger partial charge >= 0.3 is 0 Å². The number of rotatable bonds is 3. The molecule has 1 aliphatic rings. The quantitative estimate of drug-likeness (QED) is 0.745. The molecule has 0 fully saturated rings. The maximum absolute atomic E-state index is 13.3. The van der Waals surface area contributed by atoms with Crippen molar-refractivity contribution in [1.82, 2.24) is 0 Å². The molecule has 1 heterocycles. The molecule has 0 spiro atoms. The van der Waals surface area contributed by atoms with E-state index in [1.807, 2.05) is 11.3 Å². The molecule has 3 rings (SSSR count). The average Bonchev–Trinajstić information content (AvgIpc) is 2.87. The van der Waals surface area contributed by atoms with E-state index in [1.165, 1.54) is 48.3 Å². The Labute approximate surface area is 131 Å². The Hall–Kier alpha value is -0.870. The summed E-state index contributed by atoms with van der Waals surface area (Å²) in [7, 11) is 0. The molecule has 1 nitrogen and oxygen atoms in total. The predicted molar refractivity (Wildman–Crippen MR) is 87.1 cm³/mol. The third-order valence-corrected chi connectivity index (χ3v) is 5.85. The van der Waals surface area contributed by atoms with Gasteiger partial charge in [-0.1, -0.05) is 0 Å². The maximum atomic E-state index is 13.3. The standard InChI is InChI=1S/C16H17BrFNS/c1-10(19-14-9-12(18)6-7-13(14)17)16-8-11-4-2-3-5-15(11)20-16/h6-10,19H,2-5H2,1H3. The number of hydrogen-bond acceptors (Lipinski definition) is 2. The molecular weight excluding hydrogens is 337 g/mol. The summed E-state index contributed by atoms with van der Waals surface area (Å²) < 4.78 is 14.2. The molecule has 2 aromatic rings. The highest BCUT2D eigenvalue weighted by Crippen LogP contribution is 2.35. The van der Waals surface area contributed by atoms with Gasteiger partial charge in [0.1, 0.15) is 5.82 Å². The first-order valence-electron chi connectivity index (χ1n) is 6.96. The van der Waals surface area contributed by atoms with Crippen LogP contribution in [-0.4, -0.2) is 0 Å². The molecule has 0 radical (unpaired) electrons. The van der Waals surface area contributed by atoms with Crippen molar-refractivity contribution in [2.75, 3.05) is 5.32 Å². The van der Waals surface area contributed by atoms with Crippen molar-refractivity contribution in [1.29, 1.82) is 0 Å². The molecular formula is C16H17BrFNS. The molecule has 0 saturated heterocycles. The number of hydrogen-bond donors (Lipinski definition) is 1. The summed E-state index contributed by atoms with van der Waals surface area (Å²) in [6.07, 6.45) is 5.04. The van der Waals surface area contributed by atoms with Gasteiger partial charge in [0, 0.05) is 14.2 Å². The monoisotopic (exact) mass is 353 g/mol. The summed E-state index contributed by atoms with van der Waals surface area (Å²) in [6, 6.07) is 7.26. The van der Waals surface area contributed by atoms with Gasteiger partial charge in [0.25, 0.3) is 0 Å². The van der Waals surface area contributed by atoms with E-state index in [9.17, 15) is 4.39 Å². The lowest BCUT2D eigenvalue weighted by Gasteiger charge is -2.15. The van der Waals surface area contributed by atoms with Gasteiger partial charge < -0.3 is 5.32 Å². The second kappa shape index (κ2) is 5.86. The molecule has 1 unspecified atom stereocenters. The zero-order valence-electron chi connectivity index (χ0n) is 11.4. The van der Waals surface area contributed by atoms with E-state index >= 15 is 0 Å². The van der Waals surface area contributed by atoms with Crippen molar-refractivity contribution in [2.45, 2.75) is 38.6 Å². The van der Waals surface area contributed by atoms with Gasteiger partial charge in [-0.25, -0.2) is 4.39 Å². The molecule has 1 aromatic carbocycles. The summed E-state index contributed by atoms with van der Waals surface area (Å²) in [5, 5.41) is 3.40. The number of thiophene rings is 1. The van der Waals surface area contributed by atoms with Crippen molar-refractivity contribution in [2.24, 2.45) is 0 Å². The summed E-state index contributed by atoms with van der Waals surface area (Å²) in [5.74, 6) is -0.214. The normalized spacial score (nSPS) is 15.8. The topological polar surface area (TPSA) is 12.0 Å². The van der Waals surface area contributed by atoms with Gasteiger partial charge in [-0.2, -0.15) is 0 Å². The minimum atomic E-state index is -0.214. The van der Waals surface area contributed by atoms with Crippen molar-refractivity contribution < 1.29 is 4.39 Å². The van der Waals surface area contributed by atoms with E-state index in [0.717, 1.165) is 10.2 Å². The van der Waals surface area contributed by atoms with Gasteiger partial charge in [0.05, 0.1) is 11.7 Å². The summed E-state index contributed by atoms with van der Waals surface area (Å²) in [6.45, 7) is 2.13. The number of nitrogens with one attached hydrogen (secondary N) is 1. The highest BCUT2D eigenvalue weighted by atomic mass is 79.9. The molecule has 0 amide bonds. The van der Waals surface area contributed by atoms with E-state index in [1.54, 1.807) is 10.9 Å². The molecule has 1 aliphatic carbocycles. The van der Waals surface area contributed by atoms with Crippen molar-refractivity contribution >= 4 is 33.0 Å². The van der Waals surface area contributed by atoms with Crippen molar-refractivity contribution in [3.05, 3.63) is 49.9 Å². The fraction of sp³-hybridized carbons (Fsp3) is 0.375. The van der Waals surface area contributed by atoms with Crippen LogP contribution in [0.15, 0.2) is 28.7 Å². The SMILES string of the molecule is CC(Nc1cc(F)ccc1Br)c1cc2c(s1)CCCC2. The van der Waals surface area contributed by atoms with E-state index in [2.05, 4.69) is 34.2 Å². The van der Waals surface area contributed by atoms with Gasteiger partial charge in [0.2, 0.25) is 0 Å². The first kappa shape index (κ1) is 14.1. The zero-order valence-corrected chi connectivity index (χ0v) is 13.8. The minimum absolute atomic E-state index is 0.198. The largest absolute Gasteiger partial charge is 0.377 e. The van der Waals surface area contributed by atoms with Crippen LogP contribution < -0.4 is 5.32 Å². The number of fused-ring (bicyclic) bond motifs is 1. The molecule has 0 saturated carbocycles. The van der Waals surface area contributed by atoms with Crippen LogP contribution in [0.25, 0.3) is 0 Å². The van der Waals surface area contributed by atoms with Crippen LogP contribution in [0.1, 0.15) is 41.1 Å². The van der Waals surface area contributed by atoms with Gasteiger partial charge in [-0.15, -0.1) is 11.3 Å². The summed E-state index contributed by atoms with van der Waals surface area (Å²) in [5.41, 5.74) is 2.33. The number of halogens is 2. The predicted octanol–water partition coefficient (Wildman–Crippen LogP) is 5.70. The van der Waals surface area contributed by atoms with Crippen LogP contribution in [0.5, 0.6) is 0 Å². The first-order valence-corrected chi connectivity index (χ1v) is 8.57. The molecule has 4 heteroatoms. The van der Waals surface area contributed by atoms with Gasteiger partial charge in [-0.3, -0.25) is 0 Å². The van der Waals surface area contributed by atoms with E-state index in [4.69, 9.17) is 0 Å². The van der Waals surface area contributed by atoms with E-state index in [0.29, 0.717) is 0 Å². The van der Waals surface area contributed by atoms with Crippen LogP contribution in [0.3, 0.4) is 0 Å². The Kier molecular flexibility index (Phi) is 4.13. The second-order valence-corrected chi connectivity index (χ2v) is 7.32. The van der Waals surface area contributed by atoms with Gasteiger partial charge in [-0.05, 0) is 78.4 Å². The summed E-state index contributed by atoms with van der Waals surface area (Å²) >= 11 is 5.36. The Morgan fingerprint density at radius 1 is 1.25 bits per heavy atom. The number of aryl methyl sites for hydroxylation is 2. The third kappa shape index (κ3) is 2.91.